The van der Waals surface area contributed by atoms with Gasteiger partial charge in [-0.05, 0) is 68.1 Å². The van der Waals surface area contributed by atoms with Gasteiger partial charge >= 0.3 is 0 Å². The summed E-state index contributed by atoms with van der Waals surface area (Å²) in [5.74, 6) is 0.983. The second-order valence-corrected chi connectivity index (χ2v) is 12.9. The van der Waals surface area contributed by atoms with Gasteiger partial charge in [-0.1, -0.05) is 11.6 Å². The van der Waals surface area contributed by atoms with E-state index in [1.165, 1.54) is 32.9 Å². The molecule has 1 N–H and O–H groups in total. The zero-order valence-electron chi connectivity index (χ0n) is 17.9. The summed E-state index contributed by atoms with van der Waals surface area (Å²) in [6, 6.07) is 11.1. The molecule has 2 fully saturated rings. The standard InChI is InChI=1S/C22H25ClN4O4S2/c23-17-3-8-20-21(15-17)25-22(24-20)16-9-13-27(14-10-16)33(30,31)19-6-4-18(5-7-19)32(28,29)26-11-1-2-12-26/h3-8,15-16H,1-2,9-14H2,(H,24,25). The summed E-state index contributed by atoms with van der Waals surface area (Å²) in [4.78, 5) is 8.20. The molecule has 1 aromatic heterocycles. The molecular weight excluding hydrogens is 484 g/mol. The Kier molecular flexibility index (Phi) is 5.98. The van der Waals surface area contributed by atoms with Gasteiger partial charge in [0.2, 0.25) is 20.0 Å². The number of fused-ring (bicyclic) bond motifs is 1. The van der Waals surface area contributed by atoms with E-state index >= 15 is 0 Å². The number of hydrogen-bond acceptors (Lipinski definition) is 5. The Morgan fingerprint density at radius 2 is 1.36 bits per heavy atom. The molecule has 2 aliphatic heterocycles. The number of imidazole rings is 1. The van der Waals surface area contributed by atoms with Crippen molar-refractivity contribution in [2.75, 3.05) is 26.2 Å². The maximum Gasteiger partial charge on any atom is 0.243 e. The predicted molar refractivity (Wildman–Crippen MR) is 126 cm³/mol. The molecule has 11 heteroatoms. The van der Waals surface area contributed by atoms with Crippen molar-refractivity contribution < 1.29 is 16.8 Å². The molecule has 0 saturated carbocycles. The number of rotatable bonds is 5. The van der Waals surface area contributed by atoms with Gasteiger partial charge in [-0.25, -0.2) is 21.8 Å². The Morgan fingerprint density at radius 3 is 1.94 bits per heavy atom. The molecule has 33 heavy (non-hydrogen) atoms. The van der Waals surface area contributed by atoms with Crippen molar-refractivity contribution in [3.05, 3.63) is 53.3 Å². The number of nitrogens with zero attached hydrogens (tertiary/aromatic N) is 3. The first kappa shape index (κ1) is 22.8. The van der Waals surface area contributed by atoms with Gasteiger partial charge in [0.15, 0.2) is 0 Å². The number of nitrogens with one attached hydrogen (secondary N) is 1. The Balaban J connectivity index is 1.28. The van der Waals surface area contributed by atoms with Crippen LogP contribution >= 0.6 is 11.6 Å². The highest BCUT2D eigenvalue weighted by molar-refractivity contribution is 7.89. The molecular formula is C22H25ClN4O4S2. The molecule has 0 radical (unpaired) electrons. The molecule has 0 spiro atoms. The molecule has 2 saturated heterocycles. The van der Waals surface area contributed by atoms with E-state index in [2.05, 4.69) is 9.97 Å². The van der Waals surface area contributed by atoms with E-state index in [-0.39, 0.29) is 15.7 Å². The van der Waals surface area contributed by atoms with Crippen LogP contribution in [0.3, 0.4) is 0 Å². The van der Waals surface area contributed by atoms with Crippen molar-refractivity contribution in [1.29, 1.82) is 0 Å². The maximum atomic E-state index is 13.2. The largest absolute Gasteiger partial charge is 0.342 e. The van der Waals surface area contributed by atoms with E-state index in [0.29, 0.717) is 44.0 Å². The third-order valence-electron chi connectivity index (χ3n) is 6.47. The molecule has 8 nitrogen and oxygen atoms in total. The maximum absolute atomic E-state index is 13.2. The predicted octanol–water partition coefficient (Wildman–Crippen LogP) is 3.57. The molecule has 0 bridgehead atoms. The second kappa shape index (κ2) is 8.66. The average Bonchev–Trinajstić information content (AvgIpc) is 3.50. The fraction of sp³-hybridized carbons (Fsp3) is 0.409. The van der Waals surface area contributed by atoms with Gasteiger partial charge in [0.1, 0.15) is 5.82 Å². The fourth-order valence-corrected chi connectivity index (χ4v) is 7.73. The van der Waals surface area contributed by atoms with Crippen molar-refractivity contribution in [3.8, 4) is 0 Å². The first-order chi connectivity index (χ1) is 15.7. The molecule has 2 aromatic carbocycles. The van der Waals surface area contributed by atoms with Crippen LogP contribution in [-0.2, 0) is 20.0 Å². The number of sulfonamides is 2. The minimum Gasteiger partial charge on any atom is -0.342 e. The first-order valence-corrected chi connectivity index (χ1v) is 14.3. The van der Waals surface area contributed by atoms with Crippen LogP contribution in [0.1, 0.15) is 37.4 Å². The van der Waals surface area contributed by atoms with Gasteiger partial charge in [0.25, 0.3) is 0 Å². The van der Waals surface area contributed by atoms with Gasteiger partial charge in [-0.3, -0.25) is 0 Å². The van der Waals surface area contributed by atoms with Gasteiger partial charge in [0, 0.05) is 37.1 Å². The SMILES string of the molecule is O=S(=O)(c1ccc(S(=O)(=O)N2CCC(c3nc4ccc(Cl)cc4[nH]3)CC2)cc1)N1CCCC1. The molecule has 0 atom stereocenters. The van der Waals surface area contributed by atoms with Crippen LogP contribution in [0.15, 0.2) is 52.3 Å². The molecule has 0 aliphatic carbocycles. The van der Waals surface area contributed by atoms with Crippen LogP contribution in [0.4, 0.5) is 0 Å². The zero-order chi connectivity index (χ0) is 23.2. The molecule has 0 unspecified atom stereocenters. The number of aromatic amines is 1. The lowest BCUT2D eigenvalue weighted by atomic mass is 9.97. The third kappa shape index (κ3) is 4.30. The number of halogens is 1. The molecule has 3 heterocycles. The van der Waals surface area contributed by atoms with Crippen LogP contribution in [0.2, 0.25) is 5.02 Å². The monoisotopic (exact) mass is 508 g/mol. The molecule has 5 rings (SSSR count). The zero-order valence-corrected chi connectivity index (χ0v) is 20.3. The Labute approximate surface area is 198 Å². The normalized spacial score (nSPS) is 19.4. The lowest BCUT2D eigenvalue weighted by Gasteiger charge is -2.30. The highest BCUT2D eigenvalue weighted by atomic mass is 35.5. The topological polar surface area (TPSA) is 103 Å². The van der Waals surface area contributed by atoms with Crippen molar-refractivity contribution in [3.63, 3.8) is 0 Å². The van der Waals surface area contributed by atoms with Crippen molar-refractivity contribution in [2.45, 2.75) is 41.4 Å². The van der Waals surface area contributed by atoms with Crippen molar-refractivity contribution in [1.82, 2.24) is 18.6 Å². The summed E-state index contributed by atoms with van der Waals surface area (Å²) in [7, 11) is -7.27. The van der Waals surface area contributed by atoms with Gasteiger partial charge in [-0.15, -0.1) is 0 Å². The minimum atomic E-state index is -3.70. The average molecular weight is 509 g/mol. The van der Waals surface area contributed by atoms with E-state index in [1.807, 2.05) is 12.1 Å². The number of aromatic nitrogens is 2. The summed E-state index contributed by atoms with van der Waals surface area (Å²) < 4.78 is 54.6. The Morgan fingerprint density at radius 1 is 0.818 bits per heavy atom. The van der Waals surface area contributed by atoms with Gasteiger partial charge in [-0.2, -0.15) is 8.61 Å². The highest BCUT2D eigenvalue weighted by Gasteiger charge is 2.32. The Bertz CT molecular complexity index is 1370. The van der Waals surface area contributed by atoms with E-state index in [0.717, 1.165) is 29.7 Å². The fourth-order valence-electron chi connectivity index (χ4n) is 4.57. The van der Waals surface area contributed by atoms with Crippen LogP contribution in [0, 0.1) is 0 Å². The summed E-state index contributed by atoms with van der Waals surface area (Å²) in [5.41, 5.74) is 1.71. The lowest BCUT2D eigenvalue weighted by Crippen LogP contribution is -2.38. The molecule has 176 valence electrons. The summed E-state index contributed by atoms with van der Waals surface area (Å²) in [6.07, 6.45) is 3.00. The summed E-state index contributed by atoms with van der Waals surface area (Å²) in [5, 5.41) is 0.637. The van der Waals surface area contributed by atoms with E-state index in [9.17, 15) is 16.8 Å². The van der Waals surface area contributed by atoms with Crippen molar-refractivity contribution in [2.24, 2.45) is 0 Å². The van der Waals surface area contributed by atoms with Gasteiger partial charge < -0.3 is 4.98 Å². The number of hydrogen-bond donors (Lipinski definition) is 1. The minimum absolute atomic E-state index is 0.111. The molecule has 0 amide bonds. The first-order valence-electron chi connectivity index (χ1n) is 11.0. The number of benzene rings is 2. The third-order valence-corrected chi connectivity index (χ3v) is 10.5. The smallest absolute Gasteiger partial charge is 0.243 e. The number of piperidine rings is 1. The van der Waals surface area contributed by atoms with Crippen LogP contribution in [0.5, 0.6) is 0 Å². The van der Waals surface area contributed by atoms with Crippen LogP contribution in [-0.4, -0.2) is 61.6 Å². The van der Waals surface area contributed by atoms with Crippen molar-refractivity contribution >= 4 is 42.7 Å². The van der Waals surface area contributed by atoms with Gasteiger partial charge in [0.05, 0.1) is 20.8 Å². The number of H-pyrrole nitrogens is 1. The van der Waals surface area contributed by atoms with E-state index in [4.69, 9.17) is 11.6 Å². The molecule has 3 aromatic rings. The van der Waals surface area contributed by atoms with E-state index in [1.54, 1.807) is 6.07 Å². The second-order valence-electron chi connectivity index (χ2n) is 8.54. The van der Waals surface area contributed by atoms with Crippen LogP contribution in [0.25, 0.3) is 11.0 Å². The lowest BCUT2D eigenvalue weighted by molar-refractivity contribution is 0.314. The Hall–Kier alpha value is -1.98. The highest BCUT2D eigenvalue weighted by Crippen LogP contribution is 2.31. The summed E-state index contributed by atoms with van der Waals surface area (Å²) in [6.45, 7) is 1.77. The van der Waals surface area contributed by atoms with E-state index < -0.39 is 20.0 Å². The quantitative estimate of drug-likeness (QED) is 0.567. The summed E-state index contributed by atoms with van der Waals surface area (Å²) >= 11 is 6.05. The van der Waals surface area contributed by atoms with Crippen LogP contribution < -0.4 is 0 Å². The molecule has 2 aliphatic rings.